The average molecular weight is 271 g/mol. The van der Waals surface area contributed by atoms with Crippen LogP contribution in [-0.4, -0.2) is 16.1 Å². The van der Waals surface area contributed by atoms with E-state index < -0.39 is 5.97 Å². The van der Waals surface area contributed by atoms with E-state index in [1.165, 1.54) is 0 Å². The molecule has 0 atom stereocenters. The van der Waals surface area contributed by atoms with Crippen LogP contribution in [0, 0.1) is 13.8 Å². The minimum atomic E-state index is -1.03. The number of aromatic carboxylic acids is 1. The maximum Gasteiger partial charge on any atom is 0.341 e. The van der Waals surface area contributed by atoms with Gasteiger partial charge in [0.25, 0.3) is 0 Å². The van der Waals surface area contributed by atoms with Crippen LogP contribution >= 0.6 is 0 Å². The summed E-state index contributed by atoms with van der Waals surface area (Å²) in [4.78, 5) is 15.6. The largest absolute Gasteiger partial charge is 0.477 e. The van der Waals surface area contributed by atoms with Crippen molar-refractivity contribution < 1.29 is 14.6 Å². The molecule has 0 bridgehead atoms. The first-order chi connectivity index (χ1) is 9.52. The SMILES string of the molecule is CCc1ccccc1Oc1nc(C)cc(C)c1C(=O)O. The number of hydrogen-bond acceptors (Lipinski definition) is 3. The lowest BCUT2D eigenvalue weighted by Crippen LogP contribution is -2.06. The Labute approximate surface area is 118 Å². The molecule has 0 spiro atoms. The first kappa shape index (κ1) is 14.1. The van der Waals surface area contributed by atoms with Gasteiger partial charge >= 0.3 is 5.97 Å². The molecule has 0 aliphatic carbocycles. The lowest BCUT2D eigenvalue weighted by molar-refractivity contribution is 0.0692. The zero-order chi connectivity index (χ0) is 14.7. The van der Waals surface area contributed by atoms with Gasteiger partial charge in [-0.2, -0.15) is 0 Å². The molecule has 2 aromatic rings. The molecule has 0 radical (unpaired) electrons. The Balaban J connectivity index is 2.50. The van der Waals surface area contributed by atoms with Gasteiger partial charge in [0.2, 0.25) is 5.88 Å². The van der Waals surface area contributed by atoms with Crippen molar-refractivity contribution in [1.29, 1.82) is 0 Å². The number of benzene rings is 1. The number of rotatable bonds is 4. The predicted octanol–water partition coefficient (Wildman–Crippen LogP) is 3.75. The average Bonchev–Trinajstić information content (AvgIpc) is 2.38. The van der Waals surface area contributed by atoms with Crippen molar-refractivity contribution in [2.75, 3.05) is 0 Å². The Bertz CT molecular complexity index is 650. The second-order valence-corrected chi connectivity index (χ2v) is 4.63. The Kier molecular flexibility index (Phi) is 4.03. The number of nitrogens with zero attached hydrogens (tertiary/aromatic N) is 1. The third kappa shape index (κ3) is 2.79. The summed E-state index contributed by atoms with van der Waals surface area (Å²) in [5.74, 6) is -0.232. The molecule has 1 aromatic heterocycles. The first-order valence-electron chi connectivity index (χ1n) is 6.50. The van der Waals surface area contributed by atoms with E-state index in [1.54, 1.807) is 13.0 Å². The molecule has 0 amide bonds. The number of aryl methyl sites for hydroxylation is 3. The lowest BCUT2D eigenvalue weighted by atomic mass is 10.1. The van der Waals surface area contributed by atoms with Gasteiger partial charge in [-0.05, 0) is 43.5 Å². The van der Waals surface area contributed by atoms with Crippen molar-refractivity contribution in [2.24, 2.45) is 0 Å². The van der Waals surface area contributed by atoms with Crippen LogP contribution in [-0.2, 0) is 6.42 Å². The number of ether oxygens (including phenoxy) is 1. The fourth-order valence-electron chi connectivity index (χ4n) is 2.14. The number of para-hydroxylation sites is 1. The highest BCUT2D eigenvalue weighted by atomic mass is 16.5. The number of carboxylic acid groups (broad SMARTS) is 1. The minimum Gasteiger partial charge on any atom is -0.477 e. The van der Waals surface area contributed by atoms with Crippen molar-refractivity contribution in [3.8, 4) is 11.6 Å². The van der Waals surface area contributed by atoms with E-state index in [1.807, 2.05) is 38.1 Å². The fraction of sp³-hybridized carbons (Fsp3) is 0.250. The second-order valence-electron chi connectivity index (χ2n) is 4.63. The van der Waals surface area contributed by atoms with Gasteiger partial charge in [0.15, 0.2) is 0 Å². The van der Waals surface area contributed by atoms with E-state index in [0.717, 1.165) is 17.7 Å². The quantitative estimate of drug-likeness (QED) is 0.920. The highest BCUT2D eigenvalue weighted by Crippen LogP contribution is 2.29. The van der Waals surface area contributed by atoms with Gasteiger partial charge in [0.05, 0.1) is 0 Å². The first-order valence-corrected chi connectivity index (χ1v) is 6.50. The number of aromatic nitrogens is 1. The summed E-state index contributed by atoms with van der Waals surface area (Å²) in [6, 6.07) is 9.31. The summed E-state index contributed by atoms with van der Waals surface area (Å²) in [6.07, 6.45) is 0.809. The van der Waals surface area contributed by atoms with Crippen molar-refractivity contribution in [1.82, 2.24) is 4.98 Å². The molecular weight excluding hydrogens is 254 g/mol. The zero-order valence-electron chi connectivity index (χ0n) is 11.8. The van der Waals surface area contributed by atoms with Crippen LogP contribution in [0.15, 0.2) is 30.3 Å². The van der Waals surface area contributed by atoms with Gasteiger partial charge in [-0.3, -0.25) is 0 Å². The highest BCUT2D eigenvalue weighted by Gasteiger charge is 2.18. The maximum absolute atomic E-state index is 11.4. The third-order valence-corrected chi connectivity index (χ3v) is 3.09. The number of hydrogen-bond donors (Lipinski definition) is 1. The van der Waals surface area contributed by atoms with E-state index in [-0.39, 0.29) is 11.4 Å². The second kappa shape index (κ2) is 5.74. The number of carbonyl (C=O) groups is 1. The van der Waals surface area contributed by atoms with Gasteiger partial charge in [-0.15, -0.1) is 0 Å². The minimum absolute atomic E-state index is 0.113. The van der Waals surface area contributed by atoms with Crippen LogP contribution in [0.25, 0.3) is 0 Å². The van der Waals surface area contributed by atoms with Gasteiger partial charge in [0, 0.05) is 5.69 Å². The Hall–Kier alpha value is -2.36. The molecule has 1 N–H and O–H groups in total. The predicted molar refractivity (Wildman–Crippen MR) is 76.6 cm³/mol. The van der Waals surface area contributed by atoms with Crippen LogP contribution in [0.2, 0.25) is 0 Å². The summed E-state index contributed by atoms with van der Waals surface area (Å²) in [7, 11) is 0. The van der Waals surface area contributed by atoms with Crippen LogP contribution in [0.4, 0.5) is 0 Å². The van der Waals surface area contributed by atoms with Gasteiger partial charge < -0.3 is 9.84 Å². The molecule has 0 saturated carbocycles. The molecule has 0 aliphatic heterocycles. The molecular formula is C16H17NO3. The zero-order valence-corrected chi connectivity index (χ0v) is 11.8. The number of carboxylic acids is 1. The summed E-state index contributed by atoms with van der Waals surface area (Å²) >= 11 is 0. The monoisotopic (exact) mass is 271 g/mol. The summed E-state index contributed by atoms with van der Waals surface area (Å²) in [5, 5.41) is 9.32. The standard InChI is InChI=1S/C16H17NO3/c1-4-12-7-5-6-8-13(12)20-15-14(16(18)19)10(2)9-11(3)17-15/h5-9H,4H2,1-3H3,(H,18,19). The van der Waals surface area contributed by atoms with Gasteiger partial charge in [-0.25, -0.2) is 9.78 Å². The normalized spacial score (nSPS) is 10.3. The van der Waals surface area contributed by atoms with E-state index >= 15 is 0 Å². The molecule has 0 saturated heterocycles. The van der Waals surface area contributed by atoms with Crippen LogP contribution in [0.1, 0.15) is 34.1 Å². The van der Waals surface area contributed by atoms with Crippen molar-refractivity contribution in [2.45, 2.75) is 27.2 Å². The molecule has 4 nitrogen and oxygen atoms in total. The third-order valence-electron chi connectivity index (χ3n) is 3.09. The summed E-state index contributed by atoms with van der Waals surface area (Å²) in [6.45, 7) is 5.59. The molecule has 2 rings (SSSR count). The molecule has 1 heterocycles. The van der Waals surface area contributed by atoms with Crippen LogP contribution in [0.3, 0.4) is 0 Å². The van der Waals surface area contributed by atoms with E-state index in [2.05, 4.69) is 4.98 Å². The summed E-state index contributed by atoms with van der Waals surface area (Å²) < 4.78 is 5.76. The topological polar surface area (TPSA) is 59.4 Å². The van der Waals surface area contributed by atoms with Crippen LogP contribution < -0.4 is 4.74 Å². The molecule has 0 unspecified atom stereocenters. The molecule has 20 heavy (non-hydrogen) atoms. The van der Waals surface area contributed by atoms with E-state index in [0.29, 0.717) is 11.3 Å². The fourth-order valence-corrected chi connectivity index (χ4v) is 2.14. The highest BCUT2D eigenvalue weighted by molar-refractivity contribution is 5.92. The van der Waals surface area contributed by atoms with E-state index in [9.17, 15) is 9.90 Å². The van der Waals surface area contributed by atoms with Gasteiger partial charge in [0.1, 0.15) is 11.3 Å². The Morgan fingerprint density at radius 1 is 1.30 bits per heavy atom. The Morgan fingerprint density at radius 3 is 2.65 bits per heavy atom. The molecule has 0 fully saturated rings. The van der Waals surface area contributed by atoms with E-state index in [4.69, 9.17) is 4.74 Å². The smallest absolute Gasteiger partial charge is 0.341 e. The van der Waals surface area contributed by atoms with Crippen molar-refractivity contribution >= 4 is 5.97 Å². The lowest BCUT2D eigenvalue weighted by Gasteiger charge is -2.13. The Morgan fingerprint density at radius 2 is 2.00 bits per heavy atom. The molecule has 1 aromatic carbocycles. The molecule has 4 heteroatoms. The van der Waals surface area contributed by atoms with Crippen LogP contribution in [0.5, 0.6) is 11.6 Å². The molecule has 0 aliphatic rings. The van der Waals surface area contributed by atoms with Gasteiger partial charge in [-0.1, -0.05) is 25.1 Å². The van der Waals surface area contributed by atoms with Crippen molar-refractivity contribution in [3.05, 3.63) is 52.7 Å². The van der Waals surface area contributed by atoms with Crippen molar-refractivity contribution in [3.63, 3.8) is 0 Å². The molecule has 104 valence electrons. The number of pyridine rings is 1. The summed E-state index contributed by atoms with van der Waals surface area (Å²) in [5.41, 5.74) is 2.51. The maximum atomic E-state index is 11.4.